The van der Waals surface area contributed by atoms with E-state index in [0.717, 1.165) is 83.5 Å². The van der Waals surface area contributed by atoms with Crippen molar-refractivity contribution in [2.24, 2.45) is 0 Å². The van der Waals surface area contributed by atoms with Crippen LogP contribution in [-0.2, 0) is 28.6 Å². The third-order valence-corrected chi connectivity index (χ3v) is 12.6. The molecular formula is C59H108O6. The summed E-state index contributed by atoms with van der Waals surface area (Å²) in [6.45, 7) is 6.63. The summed E-state index contributed by atoms with van der Waals surface area (Å²) in [5, 5.41) is 0. The van der Waals surface area contributed by atoms with Crippen LogP contribution in [0.4, 0.5) is 0 Å². The van der Waals surface area contributed by atoms with Crippen molar-refractivity contribution < 1.29 is 28.6 Å². The molecule has 0 aliphatic heterocycles. The van der Waals surface area contributed by atoms with Crippen molar-refractivity contribution in [2.45, 2.75) is 309 Å². The van der Waals surface area contributed by atoms with Gasteiger partial charge in [-0.1, -0.05) is 263 Å². The number of hydrogen-bond donors (Lipinski definition) is 0. The molecule has 6 heteroatoms. The maximum atomic E-state index is 12.8. The van der Waals surface area contributed by atoms with Gasteiger partial charge >= 0.3 is 17.9 Å². The van der Waals surface area contributed by atoms with Crippen LogP contribution in [0.15, 0.2) is 36.5 Å². The number of unbranched alkanes of at least 4 members (excludes halogenated alkanes) is 35. The van der Waals surface area contributed by atoms with Gasteiger partial charge < -0.3 is 14.2 Å². The number of rotatable bonds is 52. The van der Waals surface area contributed by atoms with Gasteiger partial charge in [-0.05, 0) is 57.8 Å². The molecule has 0 aromatic rings. The number of allylic oxidation sites excluding steroid dienone is 6. The first-order chi connectivity index (χ1) is 32.0. The van der Waals surface area contributed by atoms with Gasteiger partial charge in [0.05, 0.1) is 0 Å². The molecule has 1 atom stereocenters. The average Bonchev–Trinajstić information content (AvgIpc) is 3.30. The van der Waals surface area contributed by atoms with Crippen LogP contribution in [0.25, 0.3) is 0 Å². The maximum Gasteiger partial charge on any atom is 0.306 e. The van der Waals surface area contributed by atoms with Crippen LogP contribution in [0.1, 0.15) is 303 Å². The average molecular weight is 914 g/mol. The highest BCUT2D eigenvalue weighted by Crippen LogP contribution is 2.16. The Balaban J connectivity index is 4.37. The predicted molar refractivity (Wildman–Crippen MR) is 279 cm³/mol. The summed E-state index contributed by atoms with van der Waals surface area (Å²) in [4.78, 5) is 38.1. The summed E-state index contributed by atoms with van der Waals surface area (Å²) in [6, 6.07) is 0. The minimum atomic E-state index is -0.779. The van der Waals surface area contributed by atoms with Gasteiger partial charge in [0, 0.05) is 19.3 Å². The summed E-state index contributed by atoms with van der Waals surface area (Å²) < 4.78 is 16.9. The fourth-order valence-corrected chi connectivity index (χ4v) is 8.33. The molecule has 0 heterocycles. The fourth-order valence-electron chi connectivity index (χ4n) is 8.33. The fraction of sp³-hybridized carbons (Fsp3) is 0.847. The zero-order valence-corrected chi connectivity index (χ0v) is 43.5. The van der Waals surface area contributed by atoms with Crippen LogP contribution in [0, 0.1) is 0 Å². The van der Waals surface area contributed by atoms with E-state index in [1.807, 2.05) is 0 Å². The summed E-state index contributed by atoms with van der Waals surface area (Å²) in [7, 11) is 0. The van der Waals surface area contributed by atoms with Crippen LogP contribution in [0.2, 0.25) is 0 Å². The summed E-state index contributed by atoms with van der Waals surface area (Å²) in [6.07, 6.45) is 64.1. The maximum absolute atomic E-state index is 12.8. The Morgan fingerprint density at radius 1 is 0.308 bits per heavy atom. The molecule has 0 saturated carbocycles. The number of ether oxygens (including phenoxy) is 3. The van der Waals surface area contributed by atoms with Gasteiger partial charge in [0.25, 0.3) is 0 Å². The molecule has 0 amide bonds. The Kier molecular flexibility index (Phi) is 52.3. The van der Waals surface area contributed by atoms with E-state index in [-0.39, 0.29) is 31.1 Å². The Labute approximate surface area is 404 Å². The Morgan fingerprint density at radius 2 is 0.554 bits per heavy atom. The number of hydrogen-bond acceptors (Lipinski definition) is 6. The molecule has 0 aromatic heterocycles. The SMILES string of the molecule is CCCCC/C=C\C/C=C\C/C=C\CCCCCCC(=O)O[C@@H](COC(=O)CCCCCCCCCCCCCCC)COC(=O)CCCCCCCCCCCCCCCCCCC. The van der Waals surface area contributed by atoms with Gasteiger partial charge in [-0.15, -0.1) is 0 Å². The first kappa shape index (κ1) is 62.6. The molecule has 0 aliphatic rings. The van der Waals surface area contributed by atoms with Crippen molar-refractivity contribution in [3.05, 3.63) is 36.5 Å². The lowest BCUT2D eigenvalue weighted by Gasteiger charge is -2.18. The van der Waals surface area contributed by atoms with Crippen molar-refractivity contribution >= 4 is 17.9 Å². The molecule has 0 saturated heterocycles. The van der Waals surface area contributed by atoms with E-state index in [1.54, 1.807) is 0 Å². The second-order valence-corrected chi connectivity index (χ2v) is 19.2. The summed E-state index contributed by atoms with van der Waals surface area (Å²) >= 11 is 0. The van der Waals surface area contributed by atoms with Gasteiger partial charge in [-0.3, -0.25) is 14.4 Å². The predicted octanol–water partition coefficient (Wildman–Crippen LogP) is 18.9. The van der Waals surface area contributed by atoms with Crippen LogP contribution in [0.3, 0.4) is 0 Å². The van der Waals surface area contributed by atoms with Crippen LogP contribution >= 0.6 is 0 Å². The molecule has 0 aromatic carbocycles. The highest BCUT2D eigenvalue weighted by molar-refractivity contribution is 5.71. The van der Waals surface area contributed by atoms with E-state index in [9.17, 15) is 14.4 Å². The topological polar surface area (TPSA) is 78.9 Å². The summed E-state index contributed by atoms with van der Waals surface area (Å²) in [5.74, 6) is -0.880. The smallest absolute Gasteiger partial charge is 0.306 e. The minimum Gasteiger partial charge on any atom is -0.462 e. The quantitative estimate of drug-likeness (QED) is 0.0262. The minimum absolute atomic E-state index is 0.0766. The second kappa shape index (κ2) is 54.2. The molecule has 65 heavy (non-hydrogen) atoms. The molecule has 0 unspecified atom stereocenters. The number of carbonyl (C=O) groups excluding carboxylic acids is 3. The lowest BCUT2D eigenvalue weighted by atomic mass is 10.0. The van der Waals surface area contributed by atoms with Gasteiger partial charge in [0.1, 0.15) is 13.2 Å². The van der Waals surface area contributed by atoms with E-state index in [0.29, 0.717) is 19.3 Å². The molecular weight excluding hydrogens is 805 g/mol. The summed E-state index contributed by atoms with van der Waals surface area (Å²) in [5.41, 5.74) is 0. The highest BCUT2D eigenvalue weighted by Gasteiger charge is 2.19. The van der Waals surface area contributed by atoms with Crippen molar-refractivity contribution in [3.63, 3.8) is 0 Å². The standard InChI is InChI=1S/C59H108O6/c1-4-7-10-13-16-19-22-25-27-29-31-34-37-40-43-46-49-52-58(61)64-55-56(54-63-57(60)51-48-45-42-39-36-33-24-21-18-15-12-9-6-3)65-59(62)53-50-47-44-41-38-35-32-30-28-26-23-20-17-14-11-8-5-2/h17,20,26,28,32,35,56H,4-16,18-19,21-25,27,29-31,33-34,36-55H2,1-3H3/b20-17-,28-26-,35-32-/t56-/m0/s1. The molecule has 0 aliphatic carbocycles. The first-order valence-electron chi connectivity index (χ1n) is 28.5. The van der Waals surface area contributed by atoms with Gasteiger partial charge in [0.15, 0.2) is 6.10 Å². The normalized spacial score (nSPS) is 12.2. The van der Waals surface area contributed by atoms with E-state index in [4.69, 9.17) is 14.2 Å². The Bertz CT molecular complexity index is 1090. The van der Waals surface area contributed by atoms with Gasteiger partial charge in [-0.2, -0.15) is 0 Å². The van der Waals surface area contributed by atoms with Crippen molar-refractivity contribution in [1.29, 1.82) is 0 Å². The zero-order chi connectivity index (χ0) is 47.2. The molecule has 380 valence electrons. The van der Waals surface area contributed by atoms with Gasteiger partial charge in [0.2, 0.25) is 0 Å². The first-order valence-corrected chi connectivity index (χ1v) is 28.5. The highest BCUT2D eigenvalue weighted by atomic mass is 16.6. The second-order valence-electron chi connectivity index (χ2n) is 19.2. The van der Waals surface area contributed by atoms with E-state index in [2.05, 4.69) is 57.2 Å². The van der Waals surface area contributed by atoms with Crippen LogP contribution < -0.4 is 0 Å². The Morgan fingerprint density at radius 3 is 0.892 bits per heavy atom. The third kappa shape index (κ3) is 52.5. The van der Waals surface area contributed by atoms with E-state index in [1.165, 1.54) is 180 Å². The molecule has 0 bridgehead atoms. The molecule has 0 spiro atoms. The van der Waals surface area contributed by atoms with Crippen LogP contribution in [-0.4, -0.2) is 37.2 Å². The number of carbonyl (C=O) groups is 3. The molecule has 0 N–H and O–H groups in total. The number of esters is 3. The largest absolute Gasteiger partial charge is 0.462 e. The lowest BCUT2D eigenvalue weighted by molar-refractivity contribution is -0.167. The molecule has 6 nitrogen and oxygen atoms in total. The third-order valence-electron chi connectivity index (χ3n) is 12.6. The van der Waals surface area contributed by atoms with E-state index < -0.39 is 6.10 Å². The molecule has 0 radical (unpaired) electrons. The van der Waals surface area contributed by atoms with Gasteiger partial charge in [-0.25, -0.2) is 0 Å². The monoisotopic (exact) mass is 913 g/mol. The van der Waals surface area contributed by atoms with Crippen molar-refractivity contribution in [3.8, 4) is 0 Å². The van der Waals surface area contributed by atoms with Crippen molar-refractivity contribution in [2.75, 3.05) is 13.2 Å². The zero-order valence-electron chi connectivity index (χ0n) is 43.5. The molecule has 0 rings (SSSR count). The molecule has 0 fully saturated rings. The Hall–Kier alpha value is -2.37. The lowest BCUT2D eigenvalue weighted by Crippen LogP contribution is -2.30. The van der Waals surface area contributed by atoms with E-state index >= 15 is 0 Å². The van der Waals surface area contributed by atoms with Crippen molar-refractivity contribution in [1.82, 2.24) is 0 Å². The van der Waals surface area contributed by atoms with Crippen LogP contribution in [0.5, 0.6) is 0 Å².